The Hall–Kier alpha value is -3.78. The number of carbonyl (C=O) groups excluding carboxylic acids is 1. The molecule has 5 rings (SSSR count). The van der Waals surface area contributed by atoms with Gasteiger partial charge in [-0.3, -0.25) is 4.79 Å². The molecule has 186 valence electrons. The maximum absolute atomic E-state index is 12.6. The number of aryl methyl sites for hydroxylation is 1. The predicted molar refractivity (Wildman–Crippen MR) is 147 cm³/mol. The molecule has 0 aliphatic carbocycles. The highest BCUT2D eigenvalue weighted by Crippen LogP contribution is 2.30. The number of hydrogen-bond acceptors (Lipinski definition) is 5. The summed E-state index contributed by atoms with van der Waals surface area (Å²) in [6, 6.07) is 17.6. The fourth-order valence-electron chi connectivity index (χ4n) is 3.72. The quantitative estimate of drug-likeness (QED) is 0.219. The van der Waals surface area contributed by atoms with Crippen molar-refractivity contribution >= 4 is 63.5 Å². The Balaban J connectivity index is 1.32. The second-order valence-corrected chi connectivity index (χ2v) is 9.43. The fraction of sp³-hybridized carbons (Fsp3) is 0.0741. The summed E-state index contributed by atoms with van der Waals surface area (Å²) in [5, 5.41) is 13.4. The van der Waals surface area contributed by atoms with E-state index in [1.54, 1.807) is 61.7 Å². The van der Waals surface area contributed by atoms with Crippen LogP contribution in [0.15, 0.2) is 71.2 Å². The van der Waals surface area contributed by atoms with E-state index in [0.29, 0.717) is 54.7 Å². The third-order valence-corrected chi connectivity index (χ3v) is 6.26. The van der Waals surface area contributed by atoms with E-state index < -0.39 is 0 Å². The average Bonchev–Trinajstić information content (AvgIpc) is 3.49. The van der Waals surface area contributed by atoms with Crippen LogP contribution in [0.25, 0.3) is 34.1 Å². The highest BCUT2D eigenvalue weighted by Gasteiger charge is 2.12. The minimum atomic E-state index is -0.319. The molecule has 5 aromatic rings. The summed E-state index contributed by atoms with van der Waals surface area (Å²) in [6.45, 7) is 1.89. The average molecular weight is 554 g/mol. The van der Waals surface area contributed by atoms with Crippen LogP contribution in [-0.2, 0) is 4.79 Å². The summed E-state index contributed by atoms with van der Waals surface area (Å²) in [5.74, 6) is 1.35. The number of furan rings is 1. The second-order valence-electron chi connectivity index (χ2n) is 8.15. The van der Waals surface area contributed by atoms with E-state index in [1.807, 2.05) is 19.1 Å². The lowest BCUT2D eigenvalue weighted by Gasteiger charge is -2.05. The molecular formula is C27H19Cl3N4O3. The van der Waals surface area contributed by atoms with Gasteiger partial charge in [0.25, 0.3) is 0 Å². The molecule has 1 N–H and O–H groups in total. The maximum atomic E-state index is 12.6. The van der Waals surface area contributed by atoms with Crippen LogP contribution in [0.1, 0.15) is 11.3 Å². The van der Waals surface area contributed by atoms with E-state index in [2.05, 4.69) is 15.5 Å². The molecule has 10 heteroatoms. The molecular weight excluding hydrogens is 535 g/mol. The topological polar surface area (TPSA) is 82.2 Å². The molecule has 0 unspecified atom stereocenters. The van der Waals surface area contributed by atoms with Crippen molar-refractivity contribution < 1.29 is 13.9 Å². The SMILES string of the molecule is COc1ccc(-n2nc3cc(C)c(NC(=O)/C=C/c4ccc(-c5cc(Cl)cc(Cl)c5)o4)cc3n2)cc1Cl. The van der Waals surface area contributed by atoms with Crippen molar-refractivity contribution in [1.82, 2.24) is 15.0 Å². The summed E-state index contributed by atoms with van der Waals surface area (Å²) in [4.78, 5) is 14.1. The van der Waals surface area contributed by atoms with Gasteiger partial charge < -0.3 is 14.5 Å². The number of benzene rings is 3. The van der Waals surface area contributed by atoms with E-state index in [-0.39, 0.29) is 5.91 Å². The van der Waals surface area contributed by atoms with Crippen LogP contribution >= 0.6 is 34.8 Å². The van der Waals surface area contributed by atoms with Gasteiger partial charge in [0.2, 0.25) is 5.91 Å². The maximum Gasteiger partial charge on any atom is 0.248 e. The molecule has 0 atom stereocenters. The fourth-order valence-corrected chi connectivity index (χ4v) is 4.50. The molecule has 2 aromatic heterocycles. The molecule has 37 heavy (non-hydrogen) atoms. The molecule has 1 amide bonds. The first kappa shape index (κ1) is 24.9. The standard InChI is InChI=1S/C27H19Cl3N4O3/c1-15-9-23-24(33-34(32-23)19-3-6-26(36-2)21(30)13-19)14-22(15)31-27(35)8-5-20-4-7-25(37-20)16-10-17(28)12-18(29)11-16/h3-14H,1-2H3,(H,31,35)/b8-5+. The zero-order chi connectivity index (χ0) is 26.1. The Kier molecular flexibility index (Phi) is 6.93. The van der Waals surface area contributed by atoms with Crippen LogP contribution in [0.4, 0.5) is 5.69 Å². The van der Waals surface area contributed by atoms with Crippen LogP contribution in [0, 0.1) is 6.92 Å². The summed E-state index contributed by atoms with van der Waals surface area (Å²) in [5.41, 5.74) is 4.19. The zero-order valence-electron chi connectivity index (χ0n) is 19.6. The highest BCUT2D eigenvalue weighted by molar-refractivity contribution is 6.35. The van der Waals surface area contributed by atoms with Gasteiger partial charge in [-0.15, -0.1) is 10.2 Å². The lowest BCUT2D eigenvalue weighted by atomic mass is 10.1. The second kappa shape index (κ2) is 10.3. The molecule has 0 aliphatic rings. The minimum Gasteiger partial charge on any atom is -0.495 e. The number of methoxy groups -OCH3 is 1. The van der Waals surface area contributed by atoms with Gasteiger partial charge in [-0.2, -0.15) is 4.80 Å². The first-order valence-corrected chi connectivity index (χ1v) is 12.2. The van der Waals surface area contributed by atoms with Gasteiger partial charge in [0, 0.05) is 27.4 Å². The lowest BCUT2D eigenvalue weighted by Crippen LogP contribution is -2.08. The number of anilines is 1. The smallest absolute Gasteiger partial charge is 0.248 e. The van der Waals surface area contributed by atoms with Crippen molar-refractivity contribution in [2.75, 3.05) is 12.4 Å². The highest BCUT2D eigenvalue weighted by atomic mass is 35.5. The Labute approximate surface area is 227 Å². The van der Waals surface area contributed by atoms with Gasteiger partial charge in [0.15, 0.2) is 0 Å². The Bertz CT molecular complexity index is 1650. The molecule has 0 radical (unpaired) electrons. The summed E-state index contributed by atoms with van der Waals surface area (Å²) in [6.07, 6.45) is 2.98. The number of nitrogens with zero attached hydrogens (tertiary/aromatic N) is 3. The molecule has 0 fully saturated rings. The first-order chi connectivity index (χ1) is 17.8. The zero-order valence-corrected chi connectivity index (χ0v) is 21.9. The third-order valence-electron chi connectivity index (χ3n) is 5.52. The van der Waals surface area contributed by atoms with Gasteiger partial charge in [0.05, 0.1) is 17.8 Å². The summed E-state index contributed by atoms with van der Waals surface area (Å²) >= 11 is 18.4. The number of nitrogens with one attached hydrogen (secondary N) is 1. The van der Waals surface area contributed by atoms with Gasteiger partial charge in [0.1, 0.15) is 28.3 Å². The van der Waals surface area contributed by atoms with Gasteiger partial charge in [-0.05, 0) is 79.2 Å². The van der Waals surface area contributed by atoms with Crippen molar-refractivity contribution in [3.8, 4) is 22.8 Å². The molecule has 0 spiro atoms. The van der Waals surface area contributed by atoms with Crippen LogP contribution in [-0.4, -0.2) is 28.0 Å². The Morgan fingerprint density at radius 3 is 2.41 bits per heavy atom. The number of halogens is 3. The van der Waals surface area contributed by atoms with Crippen LogP contribution < -0.4 is 10.1 Å². The van der Waals surface area contributed by atoms with E-state index in [1.165, 1.54) is 10.9 Å². The molecule has 2 heterocycles. The molecule has 0 bridgehead atoms. The van der Waals surface area contributed by atoms with E-state index in [0.717, 1.165) is 11.1 Å². The molecule has 0 saturated heterocycles. The number of rotatable bonds is 6. The Morgan fingerprint density at radius 1 is 0.973 bits per heavy atom. The van der Waals surface area contributed by atoms with Crippen LogP contribution in [0.3, 0.4) is 0 Å². The van der Waals surface area contributed by atoms with Crippen LogP contribution in [0.2, 0.25) is 15.1 Å². The first-order valence-electron chi connectivity index (χ1n) is 11.1. The monoisotopic (exact) mass is 552 g/mol. The van der Waals surface area contributed by atoms with Gasteiger partial charge in [-0.1, -0.05) is 34.8 Å². The molecule has 0 aliphatic heterocycles. The third kappa shape index (κ3) is 5.49. The summed E-state index contributed by atoms with van der Waals surface area (Å²) in [7, 11) is 1.55. The van der Waals surface area contributed by atoms with Crippen LogP contribution in [0.5, 0.6) is 5.75 Å². The normalized spacial score (nSPS) is 11.4. The lowest BCUT2D eigenvalue weighted by molar-refractivity contribution is -0.111. The number of amides is 1. The predicted octanol–water partition coefficient (Wildman–Crippen LogP) is 7.61. The number of hydrogen-bond donors (Lipinski definition) is 1. The van der Waals surface area contributed by atoms with Crippen molar-refractivity contribution in [3.05, 3.63) is 93.1 Å². The van der Waals surface area contributed by atoms with Crippen molar-refractivity contribution in [1.29, 1.82) is 0 Å². The largest absolute Gasteiger partial charge is 0.495 e. The molecule has 3 aromatic carbocycles. The molecule has 7 nitrogen and oxygen atoms in total. The minimum absolute atomic E-state index is 0.319. The number of ether oxygens (including phenoxy) is 1. The van der Waals surface area contributed by atoms with Gasteiger partial charge in [-0.25, -0.2) is 0 Å². The summed E-state index contributed by atoms with van der Waals surface area (Å²) < 4.78 is 11.0. The van der Waals surface area contributed by atoms with Crippen molar-refractivity contribution in [2.24, 2.45) is 0 Å². The number of fused-ring (bicyclic) bond motifs is 1. The molecule has 0 saturated carbocycles. The van der Waals surface area contributed by atoms with E-state index in [9.17, 15) is 4.79 Å². The number of aromatic nitrogens is 3. The number of carbonyl (C=O) groups is 1. The van der Waals surface area contributed by atoms with E-state index >= 15 is 0 Å². The van der Waals surface area contributed by atoms with Gasteiger partial charge >= 0.3 is 0 Å². The van der Waals surface area contributed by atoms with Crippen molar-refractivity contribution in [3.63, 3.8) is 0 Å². The van der Waals surface area contributed by atoms with Crippen molar-refractivity contribution in [2.45, 2.75) is 6.92 Å². The van der Waals surface area contributed by atoms with E-state index in [4.69, 9.17) is 44.0 Å². The Morgan fingerprint density at radius 2 is 1.70 bits per heavy atom.